The Labute approximate surface area is 125 Å². The Morgan fingerprint density at radius 2 is 2.33 bits per heavy atom. The van der Waals surface area contributed by atoms with Gasteiger partial charge in [-0.05, 0) is 19.4 Å². The molecule has 0 amide bonds. The first-order valence-electron chi connectivity index (χ1n) is 6.47. The average molecular weight is 311 g/mol. The van der Waals surface area contributed by atoms with Crippen LogP contribution in [0.1, 0.15) is 11.4 Å². The Morgan fingerprint density at radius 3 is 2.95 bits per heavy atom. The molecule has 1 unspecified atom stereocenters. The molecule has 0 spiro atoms. The summed E-state index contributed by atoms with van der Waals surface area (Å²) in [6.45, 7) is 2.20. The van der Waals surface area contributed by atoms with Crippen molar-refractivity contribution >= 4 is 32.9 Å². The summed E-state index contributed by atoms with van der Waals surface area (Å²) >= 11 is 1.42. The first-order valence-corrected chi connectivity index (χ1v) is 7.28. The average Bonchev–Trinajstić information content (AvgIpc) is 2.77. The lowest BCUT2D eigenvalue weighted by Crippen LogP contribution is -2.26. The van der Waals surface area contributed by atoms with Crippen LogP contribution in [-0.4, -0.2) is 41.4 Å². The monoisotopic (exact) mass is 311 g/mol. The number of nitrogens with zero attached hydrogens (tertiary/aromatic N) is 2. The van der Waals surface area contributed by atoms with Gasteiger partial charge in [-0.3, -0.25) is 10.1 Å². The van der Waals surface area contributed by atoms with E-state index in [2.05, 4.69) is 10.3 Å². The number of aryl methyl sites for hydroxylation is 1. The zero-order valence-electron chi connectivity index (χ0n) is 11.8. The van der Waals surface area contributed by atoms with Crippen molar-refractivity contribution in [3.8, 4) is 0 Å². The van der Waals surface area contributed by atoms with Crippen LogP contribution in [0, 0.1) is 17.0 Å². The molecule has 2 N–H and O–H groups in total. The lowest BCUT2D eigenvalue weighted by molar-refractivity contribution is -0.383. The summed E-state index contributed by atoms with van der Waals surface area (Å²) in [4.78, 5) is 15.2. The molecule has 1 atom stereocenters. The van der Waals surface area contributed by atoms with Gasteiger partial charge >= 0.3 is 0 Å². The highest BCUT2D eigenvalue weighted by Gasteiger charge is 2.19. The summed E-state index contributed by atoms with van der Waals surface area (Å²) in [5.74, 6) is 0. The molecule has 0 aliphatic carbocycles. The molecule has 0 fully saturated rings. The fourth-order valence-electron chi connectivity index (χ4n) is 2.12. The van der Waals surface area contributed by atoms with Gasteiger partial charge < -0.3 is 15.2 Å². The lowest BCUT2D eigenvalue weighted by Gasteiger charge is -2.18. The Bertz CT molecular complexity index is 638. The number of hydrogen-bond donors (Lipinski definition) is 2. The van der Waals surface area contributed by atoms with Crippen molar-refractivity contribution in [3.63, 3.8) is 0 Å². The van der Waals surface area contributed by atoms with Gasteiger partial charge in [-0.1, -0.05) is 0 Å². The molecule has 8 heteroatoms. The highest BCUT2D eigenvalue weighted by atomic mass is 32.1. The van der Waals surface area contributed by atoms with Crippen molar-refractivity contribution in [1.82, 2.24) is 4.98 Å². The Kier molecular flexibility index (Phi) is 5.05. The van der Waals surface area contributed by atoms with Gasteiger partial charge in [0, 0.05) is 19.8 Å². The molecule has 2 aromatic rings. The number of rotatable bonds is 7. The lowest BCUT2D eigenvalue weighted by atomic mass is 10.2. The van der Waals surface area contributed by atoms with Crippen LogP contribution >= 0.6 is 11.3 Å². The van der Waals surface area contributed by atoms with Crippen LogP contribution in [0.2, 0.25) is 0 Å². The molecule has 0 aliphatic rings. The number of aliphatic hydroxyl groups excluding tert-OH is 1. The number of aliphatic hydroxyl groups is 1. The number of nitro benzene ring substituents is 1. The van der Waals surface area contributed by atoms with Crippen LogP contribution in [0.3, 0.4) is 0 Å². The molecular formula is C13H17N3O4S. The maximum absolute atomic E-state index is 11.2. The van der Waals surface area contributed by atoms with Crippen LogP contribution in [0.15, 0.2) is 12.1 Å². The van der Waals surface area contributed by atoms with Gasteiger partial charge in [-0.2, -0.15) is 0 Å². The Balaban J connectivity index is 2.39. The van der Waals surface area contributed by atoms with Gasteiger partial charge in [-0.15, -0.1) is 11.3 Å². The number of nitro groups is 1. The van der Waals surface area contributed by atoms with E-state index in [-0.39, 0.29) is 18.3 Å². The van der Waals surface area contributed by atoms with E-state index in [0.29, 0.717) is 18.7 Å². The highest BCUT2D eigenvalue weighted by Crippen LogP contribution is 2.33. The summed E-state index contributed by atoms with van der Waals surface area (Å²) in [5.41, 5.74) is 1.13. The number of ether oxygens (including phenoxy) is 1. The largest absolute Gasteiger partial charge is 0.396 e. The summed E-state index contributed by atoms with van der Waals surface area (Å²) < 4.78 is 5.85. The molecule has 0 saturated heterocycles. The van der Waals surface area contributed by atoms with E-state index in [4.69, 9.17) is 9.84 Å². The molecule has 2 rings (SSSR count). The normalized spacial score (nSPS) is 12.5. The van der Waals surface area contributed by atoms with Gasteiger partial charge in [0.25, 0.3) is 5.69 Å². The fraction of sp³-hybridized carbons (Fsp3) is 0.462. The number of fused-ring (bicyclic) bond motifs is 1. The van der Waals surface area contributed by atoms with E-state index in [9.17, 15) is 10.1 Å². The van der Waals surface area contributed by atoms with E-state index in [1.165, 1.54) is 17.4 Å². The Morgan fingerprint density at radius 1 is 1.57 bits per heavy atom. The second kappa shape index (κ2) is 6.79. The SMILES string of the molecule is COCC(CCO)Nc1cc2nc(C)sc2cc1[N+](=O)[O-]. The van der Waals surface area contributed by atoms with Crippen LogP contribution in [0.5, 0.6) is 0 Å². The zero-order chi connectivity index (χ0) is 15.4. The molecule has 0 saturated carbocycles. The minimum absolute atomic E-state index is 0.00481. The second-order valence-corrected chi connectivity index (χ2v) is 5.87. The predicted molar refractivity (Wildman–Crippen MR) is 82.0 cm³/mol. The van der Waals surface area contributed by atoms with Crippen molar-refractivity contribution in [1.29, 1.82) is 0 Å². The first kappa shape index (κ1) is 15.6. The number of nitrogens with one attached hydrogen (secondary N) is 1. The van der Waals surface area contributed by atoms with E-state index >= 15 is 0 Å². The minimum atomic E-state index is -0.417. The minimum Gasteiger partial charge on any atom is -0.396 e. The highest BCUT2D eigenvalue weighted by molar-refractivity contribution is 7.18. The predicted octanol–water partition coefficient (Wildman–Crippen LogP) is 2.32. The van der Waals surface area contributed by atoms with E-state index in [0.717, 1.165) is 15.2 Å². The molecule has 1 heterocycles. The van der Waals surface area contributed by atoms with Crippen LogP contribution in [0.25, 0.3) is 10.2 Å². The van der Waals surface area contributed by atoms with Crippen LogP contribution in [-0.2, 0) is 4.74 Å². The number of aromatic nitrogens is 1. The maximum Gasteiger partial charge on any atom is 0.293 e. The van der Waals surface area contributed by atoms with Crippen molar-refractivity contribution in [3.05, 3.63) is 27.3 Å². The molecular weight excluding hydrogens is 294 g/mol. The second-order valence-electron chi connectivity index (χ2n) is 4.64. The topological polar surface area (TPSA) is 97.5 Å². The van der Waals surface area contributed by atoms with E-state index in [1.54, 1.807) is 13.2 Å². The molecule has 1 aromatic carbocycles. The van der Waals surface area contributed by atoms with E-state index in [1.807, 2.05) is 6.92 Å². The zero-order valence-corrected chi connectivity index (χ0v) is 12.6. The van der Waals surface area contributed by atoms with Crippen molar-refractivity contribution in [2.24, 2.45) is 0 Å². The molecule has 1 aromatic heterocycles. The fourth-order valence-corrected chi connectivity index (χ4v) is 2.96. The first-order chi connectivity index (χ1) is 10.0. The van der Waals surface area contributed by atoms with Gasteiger partial charge in [0.15, 0.2) is 0 Å². The standard InChI is InChI=1S/C13H17N3O4S/c1-8-14-11-5-10(15-9(3-4-17)7-20-2)12(16(18)19)6-13(11)21-8/h5-6,9,15,17H,3-4,7H2,1-2H3. The van der Waals surface area contributed by atoms with Crippen LogP contribution < -0.4 is 5.32 Å². The Hall–Kier alpha value is -1.77. The van der Waals surface area contributed by atoms with Crippen LogP contribution in [0.4, 0.5) is 11.4 Å². The molecule has 21 heavy (non-hydrogen) atoms. The van der Waals surface area contributed by atoms with Crippen molar-refractivity contribution in [2.75, 3.05) is 25.6 Å². The maximum atomic E-state index is 11.2. The molecule has 0 radical (unpaired) electrons. The smallest absolute Gasteiger partial charge is 0.293 e. The van der Waals surface area contributed by atoms with Crippen molar-refractivity contribution in [2.45, 2.75) is 19.4 Å². The molecule has 0 aliphatic heterocycles. The molecule has 114 valence electrons. The van der Waals surface area contributed by atoms with Gasteiger partial charge in [0.2, 0.25) is 0 Å². The van der Waals surface area contributed by atoms with Gasteiger partial charge in [0.1, 0.15) is 5.69 Å². The van der Waals surface area contributed by atoms with Gasteiger partial charge in [-0.25, -0.2) is 4.98 Å². The quantitative estimate of drug-likeness (QED) is 0.601. The molecule has 0 bridgehead atoms. The summed E-state index contributed by atoms with van der Waals surface area (Å²) in [6.07, 6.45) is 0.444. The number of hydrogen-bond acceptors (Lipinski definition) is 7. The summed E-state index contributed by atoms with van der Waals surface area (Å²) in [5, 5.41) is 24.2. The number of thiazole rings is 1. The third-order valence-electron chi connectivity index (χ3n) is 3.01. The van der Waals surface area contributed by atoms with Gasteiger partial charge in [0.05, 0.1) is 32.8 Å². The third kappa shape index (κ3) is 3.66. The van der Waals surface area contributed by atoms with Crippen molar-refractivity contribution < 1.29 is 14.8 Å². The van der Waals surface area contributed by atoms with E-state index < -0.39 is 4.92 Å². The summed E-state index contributed by atoms with van der Waals surface area (Å²) in [6, 6.07) is 3.01. The number of benzene rings is 1. The number of anilines is 1. The summed E-state index contributed by atoms with van der Waals surface area (Å²) in [7, 11) is 1.55. The third-order valence-corrected chi connectivity index (χ3v) is 3.95. The number of methoxy groups -OCH3 is 1. The molecule has 7 nitrogen and oxygen atoms in total.